The molecule has 0 spiro atoms. The summed E-state index contributed by atoms with van der Waals surface area (Å²) in [5.74, 6) is 0. The van der Waals surface area contributed by atoms with Crippen LogP contribution < -0.4 is 0 Å². The maximum atomic E-state index is 10.5. The lowest BCUT2D eigenvalue weighted by Gasteiger charge is -2.19. The van der Waals surface area contributed by atoms with Gasteiger partial charge in [0.1, 0.15) is 6.10 Å². The highest BCUT2D eigenvalue weighted by Crippen LogP contribution is 2.37. The van der Waals surface area contributed by atoms with E-state index in [1.54, 1.807) is 18.2 Å². The Morgan fingerprint density at radius 1 is 1.26 bits per heavy atom. The molecule has 6 heteroatoms. The summed E-state index contributed by atoms with van der Waals surface area (Å²) in [7, 11) is 0. The number of rotatable bonds is 2. The monoisotopic (exact) mass is 316 g/mol. The smallest absolute Gasteiger partial charge is 0.118 e. The van der Waals surface area contributed by atoms with E-state index in [-0.39, 0.29) is 5.41 Å². The molecule has 0 fully saturated rings. The van der Waals surface area contributed by atoms with Gasteiger partial charge in [-0.15, -0.1) is 5.10 Å². The van der Waals surface area contributed by atoms with Crippen molar-refractivity contribution in [1.82, 2.24) is 9.59 Å². The lowest BCUT2D eigenvalue weighted by Crippen LogP contribution is -2.16. The van der Waals surface area contributed by atoms with Gasteiger partial charge in [-0.25, -0.2) is 0 Å². The molecule has 3 nitrogen and oxygen atoms in total. The zero-order chi connectivity index (χ0) is 14.2. The van der Waals surface area contributed by atoms with E-state index in [4.69, 9.17) is 23.2 Å². The minimum atomic E-state index is -0.861. The van der Waals surface area contributed by atoms with E-state index < -0.39 is 6.10 Å². The number of halogens is 2. The number of aromatic nitrogens is 2. The molecular formula is C13H14Cl2N2OS. The predicted molar refractivity (Wildman–Crippen MR) is 79.1 cm³/mol. The highest BCUT2D eigenvalue weighted by Gasteiger charge is 2.28. The maximum absolute atomic E-state index is 10.5. The van der Waals surface area contributed by atoms with E-state index in [0.29, 0.717) is 20.5 Å². The molecule has 1 aromatic heterocycles. The second-order valence-electron chi connectivity index (χ2n) is 5.28. The number of hydrogen-bond donors (Lipinski definition) is 1. The average Bonchev–Trinajstić information content (AvgIpc) is 2.80. The summed E-state index contributed by atoms with van der Waals surface area (Å²) in [6, 6.07) is 5.21. The summed E-state index contributed by atoms with van der Waals surface area (Å²) in [6.07, 6.45) is -0.861. The van der Waals surface area contributed by atoms with Crippen LogP contribution in [-0.4, -0.2) is 14.7 Å². The molecule has 0 aliphatic rings. The van der Waals surface area contributed by atoms with Gasteiger partial charge in [-0.05, 0) is 17.6 Å². The second kappa shape index (κ2) is 5.37. The highest BCUT2D eigenvalue weighted by molar-refractivity contribution is 7.05. The zero-order valence-corrected chi connectivity index (χ0v) is 13.1. The fourth-order valence-electron chi connectivity index (χ4n) is 1.77. The molecule has 19 heavy (non-hydrogen) atoms. The molecule has 102 valence electrons. The quantitative estimate of drug-likeness (QED) is 0.902. The van der Waals surface area contributed by atoms with Gasteiger partial charge in [0.15, 0.2) is 0 Å². The van der Waals surface area contributed by atoms with Crippen molar-refractivity contribution in [2.45, 2.75) is 32.3 Å². The maximum Gasteiger partial charge on any atom is 0.118 e. The van der Waals surface area contributed by atoms with Crippen LogP contribution in [0.25, 0.3) is 0 Å². The minimum absolute atomic E-state index is 0.186. The number of aliphatic hydroxyl groups is 1. The summed E-state index contributed by atoms with van der Waals surface area (Å²) in [5.41, 5.74) is 1.17. The van der Waals surface area contributed by atoms with Gasteiger partial charge in [0.2, 0.25) is 0 Å². The van der Waals surface area contributed by atoms with Gasteiger partial charge in [0.25, 0.3) is 0 Å². The molecule has 0 saturated carbocycles. The van der Waals surface area contributed by atoms with Crippen LogP contribution in [-0.2, 0) is 5.41 Å². The van der Waals surface area contributed by atoms with Crippen molar-refractivity contribution in [3.05, 3.63) is 44.4 Å². The van der Waals surface area contributed by atoms with Gasteiger partial charge < -0.3 is 5.11 Å². The van der Waals surface area contributed by atoms with Crippen molar-refractivity contribution < 1.29 is 5.11 Å². The van der Waals surface area contributed by atoms with Gasteiger partial charge in [-0.1, -0.05) is 60.6 Å². The first-order valence-electron chi connectivity index (χ1n) is 5.77. The van der Waals surface area contributed by atoms with E-state index in [1.807, 2.05) is 20.8 Å². The molecule has 2 aromatic rings. The Kier molecular flexibility index (Phi) is 4.16. The van der Waals surface area contributed by atoms with Crippen LogP contribution in [0.2, 0.25) is 10.0 Å². The molecule has 1 heterocycles. The Morgan fingerprint density at radius 3 is 2.58 bits per heavy atom. The lowest BCUT2D eigenvalue weighted by molar-refractivity contribution is 0.221. The van der Waals surface area contributed by atoms with Gasteiger partial charge >= 0.3 is 0 Å². The van der Waals surface area contributed by atoms with Crippen LogP contribution in [0.4, 0.5) is 0 Å². The Hall–Kier alpha value is -0.680. The van der Waals surface area contributed by atoms with Gasteiger partial charge in [0, 0.05) is 11.0 Å². The van der Waals surface area contributed by atoms with E-state index in [0.717, 1.165) is 5.69 Å². The Bertz CT molecular complexity index is 593. The topological polar surface area (TPSA) is 46.0 Å². The third kappa shape index (κ3) is 2.92. The molecular weight excluding hydrogens is 303 g/mol. The molecule has 0 saturated heterocycles. The first kappa shape index (κ1) is 14.7. The first-order chi connectivity index (χ1) is 8.82. The van der Waals surface area contributed by atoms with Crippen LogP contribution in [0, 0.1) is 0 Å². The van der Waals surface area contributed by atoms with Crippen molar-refractivity contribution in [3.8, 4) is 0 Å². The average molecular weight is 317 g/mol. The minimum Gasteiger partial charge on any atom is -0.383 e. The number of hydrogen-bond acceptors (Lipinski definition) is 4. The van der Waals surface area contributed by atoms with Crippen LogP contribution in [0.5, 0.6) is 0 Å². The van der Waals surface area contributed by atoms with E-state index in [2.05, 4.69) is 9.59 Å². The molecule has 0 aliphatic heterocycles. The summed E-state index contributed by atoms with van der Waals surface area (Å²) < 4.78 is 3.94. The molecule has 0 bridgehead atoms. The van der Waals surface area contributed by atoms with Gasteiger partial charge in [0.05, 0.1) is 20.6 Å². The highest BCUT2D eigenvalue weighted by atomic mass is 35.5. The van der Waals surface area contributed by atoms with E-state index >= 15 is 0 Å². The van der Waals surface area contributed by atoms with Crippen LogP contribution in [0.1, 0.15) is 43.0 Å². The summed E-state index contributed by atoms with van der Waals surface area (Å²) in [5, 5.41) is 15.4. The molecule has 0 aliphatic carbocycles. The van der Waals surface area contributed by atoms with Crippen molar-refractivity contribution in [2.75, 3.05) is 0 Å². The fourth-order valence-corrected chi connectivity index (χ4v) is 3.05. The number of nitrogens with zero attached hydrogens (tertiary/aromatic N) is 2. The predicted octanol–water partition coefficient (Wildman–Crippen LogP) is 4.22. The van der Waals surface area contributed by atoms with Crippen molar-refractivity contribution in [2.24, 2.45) is 0 Å². The zero-order valence-electron chi connectivity index (χ0n) is 10.8. The lowest BCUT2D eigenvalue weighted by atomic mass is 9.89. The van der Waals surface area contributed by atoms with Gasteiger partial charge in [-0.3, -0.25) is 0 Å². The van der Waals surface area contributed by atoms with Gasteiger partial charge in [-0.2, -0.15) is 0 Å². The molecule has 0 amide bonds. The first-order valence-corrected chi connectivity index (χ1v) is 7.30. The molecule has 1 N–H and O–H groups in total. The van der Waals surface area contributed by atoms with Crippen molar-refractivity contribution >= 4 is 34.7 Å². The largest absolute Gasteiger partial charge is 0.383 e. The standard InChI is InChI=1S/C13H14Cl2N2OS/c1-13(2,3)12-11(19-17-16-12)10(18)7-5-4-6-8(14)9(7)15/h4-6,10,18H,1-3H3. The molecule has 1 aromatic carbocycles. The number of aliphatic hydroxyl groups excluding tert-OH is 1. The van der Waals surface area contributed by atoms with Crippen molar-refractivity contribution in [1.29, 1.82) is 0 Å². The number of benzene rings is 1. The van der Waals surface area contributed by atoms with Crippen LogP contribution in [0.3, 0.4) is 0 Å². The Morgan fingerprint density at radius 2 is 1.95 bits per heavy atom. The van der Waals surface area contributed by atoms with Crippen LogP contribution >= 0.6 is 34.7 Å². The Labute approximate surface area is 126 Å². The second-order valence-corrected chi connectivity index (χ2v) is 6.85. The summed E-state index contributed by atoms with van der Waals surface area (Å²) >= 11 is 13.3. The fraction of sp³-hybridized carbons (Fsp3) is 0.385. The molecule has 2 rings (SSSR count). The SMILES string of the molecule is CC(C)(C)c1nnsc1C(O)c1cccc(Cl)c1Cl. The summed E-state index contributed by atoms with van der Waals surface area (Å²) in [4.78, 5) is 0.705. The molecule has 1 atom stereocenters. The third-order valence-corrected chi connectivity index (χ3v) is 4.36. The summed E-state index contributed by atoms with van der Waals surface area (Å²) in [6.45, 7) is 6.08. The van der Waals surface area contributed by atoms with E-state index in [1.165, 1.54) is 11.5 Å². The molecule has 1 unspecified atom stereocenters. The van der Waals surface area contributed by atoms with Crippen molar-refractivity contribution in [3.63, 3.8) is 0 Å². The molecule has 0 radical (unpaired) electrons. The van der Waals surface area contributed by atoms with E-state index in [9.17, 15) is 5.11 Å². The Balaban J connectivity index is 2.48. The van der Waals surface area contributed by atoms with Crippen LogP contribution in [0.15, 0.2) is 18.2 Å². The normalized spacial score (nSPS) is 13.6. The third-order valence-electron chi connectivity index (χ3n) is 2.75.